The number of hydrogen-bond donors (Lipinski definition) is 0. The molecule has 1 fully saturated rings. The maximum Gasteiger partial charge on any atom is 0.357 e. The Hall–Kier alpha value is -5.29. The van der Waals surface area contributed by atoms with E-state index in [1.54, 1.807) is 48.7 Å². The summed E-state index contributed by atoms with van der Waals surface area (Å²) in [5, 5.41) is 2.24. The average Bonchev–Trinajstić information content (AvgIpc) is 3.83. The Labute approximate surface area is 366 Å². The number of rotatable bonds is 18. The van der Waals surface area contributed by atoms with Gasteiger partial charge < -0.3 is 28.3 Å². The molecule has 0 N–H and O–H groups in total. The number of nitrogens with zero attached hydrogens (tertiary/aromatic N) is 3. The highest BCUT2D eigenvalue weighted by atomic mass is 79.9. The summed E-state index contributed by atoms with van der Waals surface area (Å²) in [5.74, 6) is -1.30. The first-order valence-electron chi connectivity index (χ1n) is 19.4. The van der Waals surface area contributed by atoms with E-state index in [2.05, 4.69) is 20.9 Å². The third kappa shape index (κ3) is 9.47. The van der Waals surface area contributed by atoms with Crippen molar-refractivity contribution in [3.8, 4) is 44.8 Å². The zero-order valence-electron chi connectivity index (χ0n) is 34.2. The standard InChI is InChI=1S/C45H44BrF2N3O8S2/c1-6-59-45(52)36-26-60-44(49-36)35-22-37(28-8-7-9-32(46)19-28)51(38(35)18-27-10-11-27)25-31-14-17-41(43(48)42(31)47)61(53,54)50(23-29-12-15-33(55-2)20-39(29)57-4)24-30-13-16-34(56-3)21-40(30)58-5/h7-9,12-17,19-22,26-27H,6,10-11,18,23-25H2,1-5H3. The molecule has 6 aromatic rings. The Balaban J connectivity index is 1.31. The van der Waals surface area contributed by atoms with Crippen LogP contribution < -0.4 is 18.9 Å². The molecule has 0 amide bonds. The minimum atomic E-state index is -4.75. The number of esters is 1. The Kier molecular flexibility index (Phi) is 13.5. The quantitative estimate of drug-likeness (QED) is 0.0777. The van der Waals surface area contributed by atoms with Gasteiger partial charge in [-0.3, -0.25) is 0 Å². The first-order chi connectivity index (χ1) is 29.4. The van der Waals surface area contributed by atoms with Crippen LogP contribution in [0.25, 0.3) is 21.8 Å². The van der Waals surface area contributed by atoms with Crippen LogP contribution in [-0.2, 0) is 40.8 Å². The van der Waals surface area contributed by atoms with Crippen LogP contribution in [0.5, 0.6) is 23.0 Å². The van der Waals surface area contributed by atoms with Crippen molar-refractivity contribution in [2.24, 2.45) is 5.92 Å². The number of thiazole rings is 1. The summed E-state index contributed by atoms with van der Waals surface area (Å²) in [4.78, 5) is 16.4. The van der Waals surface area contributed by atoms with Crippen molar-refractivity contribution < 1.29 is 45.7 Å². The predicted octanol–water partition coefficient (Wildman–Crippen LogP) is 9.92. The van der Waals surface area contributed by atoms with Crippen LogP contribution in [0.1, 0.15) is 52.6 Å². The molecule has 1 aliphatic carbocycles. The third-order valence-electron chi connectivity index (χ3n) is 10.5. The molecule has 0 aliphatic heterocycles. The number of benzene rings is 4. The lowest BCUT2D eigenvalue weighted by Gasteiger charge is -2.25. The number of hydrogen-bond acceptors (Lipinski definition) is 10. The van der Waals surface area contributed by atoms with Crippen LogP contribution >= 0.6 is 27.3 Å². The summed E-state index contributed by atoms with van der Waals surface area (Å²) >= 11 is 4.87. The number of sulfonamides is 1. The fraction of sp³-hybridized carbons (Fsp3) is 0.289. The molecule has 2 heterocycles. The van der Waals surface area contributed by atoms with Crippen molar-refractivity contribution in [1.29, 1.82) is 0 Å². The van der Waals surface area contributed by atoms with Gasteiger partial charge in [0.1, 0.15) is 32.9 Å². The van der Waals surface area contributed by atoms with Gasteiger partial charge in [-0.05, 0) is 74.1 Å². The van der Waals surface area contributed by atoms with E-state index in [4.69, 9.17) is 23.7 Å². The van der Waals surface area contributed by atoms with E-state index in [1.807, 2.05) is 34.9 Å². The number of halogens is 3. The topological polar surface area (TPSA) is 118 Å². The molecule has 0 saturated heterocycles. The molecule has 0 spiro atoms. The molecule has 4 aromatic carbocycles. The maximum atomic E-state index is 16.7. The predicted molar refractivity (Wildman–Crippen MR) is 232 cm³/mol. The second-order valence-electron chi connectivity index (χ2n) is 14.4. The molecule has 11 nitrogen and oxygen atoms in total. The minimum Gasteiger partial charge on any atom is -0.497 e. The van der Waals surface area contributed by atoms with Crippen LogP contribution in [0.4, 0.5) is 8.78 Å². The van der Waals surface area contributed by atoms with Crippen molar-refractivity contribution in [3.63, 3.8) is 0 Å². The van der Waals surface area contributed by atoms with E-state index in [9.17, 15) is 13.2 Å². The molecule has 1 aliphatic rings. The molecule has 1 saturated carbocycles. The van der Waals surface area contributed by atoms with E-state index in [-0.39, 0.29) is 37.5 Å². The van der Waals surface area contributed by atoms with Crippen LogP contribution in [0.2, 0.25) is 0 Å². The van der Waals surface area contributed by atoms with Crippen molar-refractivity contribution in [1.82, 2.24) is 13.9 Å². The lowest BCUT2D eigenvalue weighted by molar-refractivity contribution is 0.0520. The van der Waals surface area contributed by atoms with Crippen LogP contribution in [0, 0.1) is 17.6 Å². The first kappa shape index (κ1) is 43.8. The van der Waals surface area contributed by atoms with E-state index in [0.29, 0.717) is 57.2 Å². The Morgan fingerprint density at radius 2 is 1.49 bits per heavy atom. The molecule has 0 radical (unpaired) electrons. The summed E-state index contributed by atoms with van der Waals surface area (Å²) in [5.41, 5.74) is 4.16. The molecular formula is C45H44BrF2N3O8S2. The molecule has 61 heavy (non-hydrogen) atoms. The fourth-order valence-electron chi connectivity index (χ4n) is 7.13. The van der Waals surface area contributed by atoms with Gasteiger partial charge in [0.15, 0.2) is 17.3 Å². The van der Waals surface area contributed by atoms with Crippen LogP contribution in [0.3, 0.4) is 0 Å². The number of aromatic nitrogens is 2. The molecule has 0 atom stereocenters. The number of carbonyl (C=O) groups excluding carboxylic acids is 1. The highest BCUT2D eigenvalue weighted by molar-refractivity contribution is 9.10. The van der Waals surface area contributed by atoms with Gasteiger partial charge in [-0.25, -0.2) is 27.0 Å². The largest absolute Gasteiger partial charge is 0.497 e. The van der Waals surface area contributed by atoms with Crippen molar-refractivity contribution in [2.75, 3.05) is 35.0 Å². The summed E-state index contributed by atoms with van der Waals surface area (Å²) in [6.07, 6.45) is 2.66. The number of ether oxygens (including phenoxy) is 5. The van der Waals surface area contributed by atoms with Crippen molar-refractivity contribution >= 4 is 43.3 Å². The minimum absolute atomic E-state index is 0.0570. The molecule has 320 valence electrons. The summed E-state index contributed by atoms with van der Waals surface area (Å²) in [7, 11) is 1.14. The molecule has 0 bridgehead atoms. The highest BCUT2D eigenvalue weighted by Gasteiger charge is 2.33. The van der Waals surface area contributed by atoms with Gasteiger partial charge in [-0.1, -0.05) is 46.3 Å². The Bertz CT molecular complexity index is 2620. The van der Waals surface area contributed by atoms with Crippen molar-refractivity contribution in [3.05, 3.63) is 128 Å². The second kappa shape index (κ2) is 18.8. The van der Waals surface area contributed by atoms with Gasteiger partial charge in [0.25, 0.3) is 0 Å². The van der Waals surface area contributed by atoms with Gasteiger partial charge in [0.05, 0.1) is 41.6 Å². The Morgan fingerprint density at radius 1 is 0.852 bits per heavy atom. The lowest BCUT2D eigenvalue weighted by atomic mass is 10.1. The first-order valence-corrected chi connectivity index (χ1v) is 22.5. The molecular weight excluding hydrogens is 893 g/mol. The van der Waals surface area contributed by atoms with E-state index < -0.39 is 32.5 Å². The van der Waals surface area contributed by atoms with Crippen LogP contribution in [0.15, 0.2) is 93.6 Å². The molecule has 7 rings (SSSR count). The molecule has 0 unspecified atom stereocenters. The van der Waals surface area contributed by atoms with Gasteiger partial charge >= 0.3 is 5.97 Å². The zero-order valence-corrected chi connectivity index (χ0v) is 37.4. The molecule has 16 heteroatoms. The van der Waals surface area contributed by atoms with Gasteiger partial charge in [0, 0.05) is 68.7 Å². The van der Waals surface area contributed by atoms with E-state index >= 15 is 8.78 Å². The van der Waals surface area contributed by atoms with Gasteiger partial charge in [-0.2, -0.15) is 4.31 Å². The maximum absolute atomic E-state index is 16.7. The molecule has 2 aromatic heterocycles. The summed E-state index contributed by atoms with van der Waals surface area (Å²) in [6.45, 7) is 1.27. The van der Waals surface area contributed by atoms with Gasteiger partial charge in [-0.15, -0.1) is 11.3 Å². The lowest BCUT2D eigenvalue weighted by Crippen LogP contribution is -2.31. The van der Waals surface area contributed by atoms with Gasteiger partial charge in [0.2, 0.25) is 10.0 Å². The van der Waals surface area contributed by atoms with E-state index in [0.717, 1.165) is 44.5 Å². The normalized spacial score (nSPS) is 12.7. The smallest absolute Gasteiger partial charge is 0.357 e. The average molecular weight is 937 g/mol. The van der Waals surface area contributed by atoms with Crippen LogP contribution in [-0.4, -0.2) is 63.3 Å². The highest BCUT2D eigenvalue weighted by Crippen LogP contribution is 2.42. The fourth-order valence-corrected chi connectivity index (χ4v) is 9.81. The van der Waals surface area contributed by atoms with Crippen molar-refractivity contribution in [2.45, 2.75) is 50.7 Å². The summed E-state index contributed by atoms with van der Waals surface area (Å²) < 4.78 is 93.5. The summed E-state index contributed by atoms with van der Waals surface area (Å²) in [6, 6.07) is 21.9. The number of methoxy groups -OCH3 is 4. The SMILES string of the molecule is CCOC(=O)c1csc(-c2cc(-c3cccc(Br)c3)n(Cc3ccc(S(=O)(=O)N(Cc4ccc(OC)cc4OC)Cc4ccc(OC)cc4OC)c(F)c3F)c2CC2CC2)n1. The monoisotopic (exact) mass is 935 g/mol. The third-order valence-corrected chi connectivity index (χ3v) is 13.7. The number of carbonyl (C=O) groups is 1. The second-order valence-corrected chi connectivity index (χ2v) is 18.1. The zero-order chi connectivity index (χ0) is 43.4. The Morgan fingerprint density at radius 3 is 2.07 bits per heavy atom. The van der Waals surface area contributed by atoms with E-state index in [1.165, 1.54) is 45.8 Å².